The Hall–Kier alpha value is -3.20. The lowest BCUT2D eigenvalue weighted by molar-refractivity contribution is 0.101. The fraction of sp³-hybridized carbons (Fsp3) is 0.0625. The van der Waals surface area contributed by atoms with Crippen LogP contribution in [0, 0.1) is 0 Å². The number of carbonyl (C=O) groups excluding carboxylic acids is 1. The van der Waals surface area contributed by atoms with Gasteiger partial charge in [-0.05, 0) is 37.3 Å². The number of benzene rings is 2. The summed E-state index contributed by atoms with van der Waals surface area (Å²) in [4.78, 5) is 36.4. The first-order valence-corrected chi connectivity index (χ1v) is 8.55. The molecule has 0 atom stereocenters. The summed E-state index contributed by atoms with van der Waals surface area (Å²) in [6, 6.07) is 9.67. The summed E-state index contributed by atoms with van der Waals surface area (Å²) in [5.41, 5.74) is -0.202. The third kappa shape index (κ3) is 3.36. The van der Waals surface area contributed by atoms with Crippen LogP contribution in [0.5, 0.6) is 0 Å². The molecule has 128 valence electrons. The zero-order valence-corrected chi connectivity index (χ0v) is 13.7. The average molecular weight is 360 g/mol. The highest BCUT2D eigenvalue weighted by Crippen LogP contribution is 2.19. The molecular weight excluding hydrogens is 348 g/mol. The Kier molecular flexibility index (Phi) is 4.01. The lowest BCUT2D eigenvalue weighted by Crippen LogP contribution is -2.17. The zero-order chi connectivity index (χ0) is 18.2. The van der Waals surface area contributed by atoms with E-state index in [4.69, 9.17) is 0 Å². The number of sulfonamides is 1. The van der Waals surface area contributed by atoms with Crippen LogP contribution in [-0.2, 0) is 10.0 Å². The number of hydrogen-bond acceptors (Lipinski definition) is 6. The van der Waals surface area contributed by atoms with Crippen LogP contribution in [0.3, 0.4) is 0 Å². The number of nitrogens with one attached hydrogen (secondary N) is 2. The van der Waals surface area contributed by atoms with Crippen molar-refractivity contribution in [3.05, 3.63) is 69.0 Å². The highest BCUT2D eigenvalue weighted by molar-refractivity contribution is 7.92. The largest absolute Gasteiger partial charge is 0.419 e. The van der Waals surface area contributed by atoms with E-state index in [0.717, 1.165) is 6.07 Å². The molecule has 8 nitrogen and oxygen atoms in total. The van der Waals surface area contributed by atoms with Gasteiger partial charge in [0.1, 0.15) is 0 Å². The highest BCUT2D eigenvalue weighted by atomic mass is 32.2. The van der Waals surface area contributed by atoms with Gasteiger partial charge in [0.2, 0.25) is 0 Å². The Morgan fingerprint density at radius 1 is 1.12 bits per heavy atom. The molecule has 0 radical (unpaired) electrons. The van der Waals surface area contributed by atoms with Crippen LogP contribution in [-0.4, -0.2) is 19.2 Å². The minimum absolute atomic E-state index is 0.0695. The molecule has 3 rings (SSSR count). The van der Waals surface area contributed by atoms with Crippen molar-refractivity contribution in [1.82, 2.24) is 4.98 Å². The molecule has 0 unspecified atom stereocenters. The topological polar surface area (TPSA) is 126 Å². The van der Waals surface area contributed by atoms with Crippen LogP contribution in [0.2, 0.25) is 0 Å². The number of aromatic amines is 1. The molecular formula is C16H12N2O6S. The third-order valence-electron chi connectivity index (χ3n) is 3.46. The van der Waals surface area contributed by atoms with Gasteiger partial charge in [-0.15, -0.1) is 0 Å². The molecule has 3 aromatic rings. The van der Waals surface area contributed by atoms with Crippen molar-refractivity contribution >= 4 is 32.4 Å². The maximum atomic E-state index is 12.5. The van der Waals surface area contributed by atoms with Gasteiger partial charge in [0.15, 0.2) is 5.78 Å². The minimum atomic E-state index is -4.01. The summed E-state index contributed by atoms with van der Waals surface area (Å²) in [5, 5.41) is -0.0695. The summed E-state index contributed by atoms with van der Waals surface area (Å²) in [6.45, 7) is 1.37. The number of H-pyrrole nitrogens is 1. The number of anilines is 1. The van der Waals surface area contributed by atoms with E-state index in [2.05, 4.69) is 14.1 Å². The van der Waals surface area contributed by atoms with Crippen LogP contribution in [0.15, 0.2) is 61.4 Å². The summed E-state index contributed by atoms with van der Waals surface area (Å²) in [7, 11) is -4.01. The van der Waals surface area contributed by atoms with Crippen molar-refractivity contribution in [2.24, 2.45) is 0 Å². The summed E-state index contributed by atoms with van der Waals surface area (Å²) in [5.74, 6) is -1.12. The van der Waals surface area contributed by atoms with Crippen LogP contribution in [0.1, 0.15) is 17.3 Å². The van der Waals surface area contributed by atoms with Crippen molar-refractivity contribution in [3.63, 3.8) is 0 Å². The number of aromatic nitrogens is 1. The number of Topliss-reactive ketones (excluding diaryl/α,β-unsaturated/α-hetero) is 1. The summed E-state index contributed by atoms with van der Waals surface area (Å²) < 4.78 is 31.7. The third-order valence-corrected chi connectivity index (χ3v) is 4.84. The molecule has 0 aliphatic rings. The van der Waals surface area contributed by atoms with Gasteiger partial charge < -0.3 is 4.42 Å². The zero-order valence-electron chi connectivity index (χ0n) is 12.9. The van der Waals surface area contributed by atoms with Gasteiger partial charge in [-0.2, -0.15) is 0 Å². The first-order valence-electron chi connectivity index (χ1n) is 7.07. The summed E-state index contributed by atoms with van der Waals surface area (Å²) >= 11 is 0. The molecule has 1 aromatic heterocycles. The molecule has 0 fully saturated rings. The molecule has 2 aromatic carbocycles. The monoisotopic (exact) mass is 360 g/mol. The van der Waals surface area contributed by atoms with E-state index in [-0.39, 0.29) is 27.3 Å². The normalized spacial score (nSPS) is 11.4. The molecule has 9 heteroatoms. The molecule has 0 bridgehead atoms. The molecule has 0 aliphatic carbocycles. The lowest BCUT2D eigenvalue weighted by atomic mass is 10.1. The van der Waals surface area contributed by atoms with Gasteiger partial charge in [0, 0.05) is 11.3 Å². The van der Waals surface area contributed by atoms with Gasteiger partial charge in [-0.1, -0.05) is 12.1 Å². The van der Waals surface area contributed by atoms with Gasteiger partial charge >= 0.3 is 11.4 Å². The first-order chi connectivity index (χ1) is 11.8. The molecule has 0 spiro atoms. The van der Waals surface area contributed by atoms with E-state index >= 15 is 0 Å². The Morgan fingerprint density at radius 2 is 1.88 bits per heavy atom. The van der Waals surface area contributed by atoms with E-state index < -0.39 is 21.4 Å². The van der Waals surface area contributed by atoms with E-state index in [1.165, 1.54) is 31.2 Å². The van der Waals surface area contributed by atoms with Gasteiger partial charge in [0.25, 0.3) is 10.0 Å². The smallest absolute Gasteiger partial charge is 0.372 e. The van der Waals surface area contributed by atoms with Crippen LogP contribution in [0.4, 0.5) is 5.69 Å². The van der Waals surface area contributed by atoms with Crippen molar-refractivity contribution < 1.29 is 17.6 Å². The number of ketones is 1. The molecule has 25 heavy (non-hydrogen) atoms. The number of hydrogen-bond donors (Lipinski definition) is 2. The molecule has 2 N–H and O–H groups in total. The molecule has 0 amide bonds. The lowest BCUT2D eigenvalue weighted by Gasteiger charge is -2.09. The van der Waals surface area contributed by atoms with Crippen molar-refractivity contribution in [2.75, 3.05) is 4.72 Å². The Morgan fingerprint density at radius 3 is 2.60 bits per heavy atom. The average Bonchev–Trinajstić information content (AvgIpc) is 2.54. The van der Waals surface area contributed by atoms with E-state index in [1.807, 2.05) is 0 Å². The fourth-order valence-electron chi connectivity index (χ4n) is 2.26. The van der Waals surface area contributed by atoms with E-state index in [1.54, 1.807) is 12.1 Å². The van der Waals surface area contributed by atoms with E-state index in [0.29, 0.717) is 5.56 Å². The molecule has 1 heterocycles. The van der Waals surface area contributed by atoms with Crippen molar-refractivity contribution in [3.8, 4) is 0 Å². The number of fused-ring (bicyclic) bond motifs is 1. The molecule has 0 saturated carbocycles. The minimum Gasteiger partial charge on any atom is -0.372 e. The van der Waals surface area contributed by atoms with Gasteiger partial charge in [-0.3, -0.25) is 14.5 Å². The van der Waals surface area contributed by atoms with Crippen molar-refractivity contribution in [1.29, 1.82) is 0 Å². The van der Waals surface area contributed by atoms with E-state index in [9.17, 15) is 22.8 Å². The predicted octanol–water partition coefficient (Wildman–Crippen LogP) is 1.48. The Labute approximate surface area is 141 Å². The van der Waals surface area contributed by atoms with Crippen LogP contribution < -0.4 is 16.1 Å². The van der Waals surface area contributed by atoms with Crippen LogP contribution in [0.25, 0.3) is 10.9 Å². The first kappa shape index (κ1) is 16.7. The van der Waals surface area contributed by atoms with Crippen LogP contribution >= 0.6 is 0 Å². The maximum Gasteiger partial charge on any atom is 0.419 e. The number of rotatable bonds is 4. The second kappa shape index (κ2) is 6.02. The van der Waals surface area contributed by atoms with Gasteiger partial charge in [-0.25, -0.2) is 18.0 Å². The van der Waals surface area contributed by atoms with Crippen molar-refractivity contribution in [2.45, 2.75) is 11.8 Å². The maximum absolute atomic E-state index is 12.5. The Bertz CT molecular complexity index is 1210. The number of carbonyl (C=O) groups is 1. The SMILES string of the molecule is CC(=O)c1cccc(NS(=O)(=O)c2ccc3[nH]c(=O)oc(=O)c3c2)c1. The predicted molar refractivity (Wildman–Crippen MR) is 90.4 cm³/mol. The molecule has 0 saturated heterocycles. The summed E-state index contributed by atoms with van der Waals surface area (Å²) in [6.07, 6.45) is 0. The fourth-order valence-corrected chi connectivity index (χ4v) is 3.33. The highest BCUT2D eigenvalue weighted by Gasteiger charge is 2.17. The second-order valence-corrected chi connectivity index (χ2v) is 6.93. The second-order valence-electron chi connectivity index (χ2n) is 5.25. The van der Waals surface area contributed by atoms with Gasteiger partial charge in [0.05, 0.1) is 15.8 Å². The standard InChI is InChI=1S/C16H12N2O6S/c1-9(19)10-3-2-4-11(7-10)18-25(22,23)12-5-6-14-13(8-12)15(20)24-16(21)17-14/h2-8,18H,1H3,(H,17,21). The Balaban J connectivity index is 2.04. The quantitative estimate of drug-likeness (QED) is 0.679. The molecule has 0 aliphatic heterocycles.